The lowest BCUT2D eigenvalue weighted by molar-refractivity contribution is 0.0989. The average molecular weight is 302 g/mol. The third kappa shape index (κ3) is 2.08. The maximum atomic E-state index is 9.73. The van der Waals surface area contributed by atoms with E-state index in [0.29, 0.717) is 24.2 Å². The third-order valence-electron chi connectivity index (χ3n) is 4.68. The second kappa shape index (κ2) is 5.03. The van der Waals surface area contributed by atoms with Crippen LogP contribution in [0.4, 0.5) is 5.82 Å². The molecule has 0 spiro atoms. The number of aromatic nitrogens is 3. The Morgan fingerprint density at radius 1 is 1.45 bits per heavy atom. The zero-order valence-corrected chi connectivity index (χ0v) is 12.4. The second-order valence-corrected chi connectivity index (χ2v) is 6.16. The molecule has 2 saturated heterocycles. The Balaban J connectivity index is 1.55. The number of hydrogen-bond donors (Lipinski definition) is 1. The predicted octanol–water partition coefficient (Wildman–Crippen LogP) is 0.885. The van der Waals surface area contributed by atoms with E-state index in [1.54, 1.807) is 13.1 Å². The summed E-state index contributed by atoms with van der Waals surface area (Å²) in [5.41, 5.74) is 0.674. The molecule has 2 atom stereocenters. The van der Waals surface area contributed by atoms with Gasteiger partial charge in [0.1, 0.15) is 5.82 Å². The van der Waals surface area contributed by atoms with E-state index in [1.807, 2.05) is 12.1 Å². The van der Waals surface area contributed by atoms with Crippen molar-refractivity contribution in [2.24, 2.45) is 11.3 Å². The summed E-state index contributed by atoms with van der Waals surface area (Å²) in [6.45, 7) is 4.94. The fraction of sp³-hybridized carbons (Fsp3) is 0.533. The molecule has 22 heavy (non-hydrogen) atoms. The van der Waals surface area contributed by atoms with Crippen LogP contribution < -0.4 is 4.90 Å². The van der Waals surface area contributed by atoms with Gasteiger partial charge in [0.2, 0.25) is 0 Å². The summed E-state index contributed by atoms with van der Waals surface area (Å²) in [5, 5.41) is 13.5. The molecule has 7 heteroatoms. The minimum absolute atomic E-state index is 0.135. The maximum Gasteiger partial charge on any atom is 0.259 e. The van der Waals surface area contributed by atoms with Crippen LogP contribution >= 0.6 is 0 Å². The minimum Gasteiger partial charge on any atom is -0.396 e. The molecular weight excluding hydrogens is 284 g/mol. The molecule has 2 aliphatic rings. The number of aliphatic hydroxyl groups excluding tert-OH is 1. The molecule has 4 heterocycles. The topological polar surface area (TPSA) is 84.5 Å². The zero-order valence-electron chi connectivity index (χ0n) is 12.4. The highest BCUT2D eigenvalue weighted by Crippen LogP contribution is 2.42. The largest absolute Gasteiger partial charge is 0.396 e. The Labute approximate surface area is 127 Å². The maximum absolute atomic E-state index is 9.73. The Bertz CT molecular complexity index is 672. The Kier molecular flexibility index (Phi) is 3.12. The van der Waals surface area contributed by atoms with Crippen molar-refractivity contribution < 1.29 is 14.4 Å². The first-order valence-corrected chi connectivity index (χ1v) is 7.40. The van der Waals surface area contributed by atoms with E-state index in [1.165, 1.54) is 0 Å². The first kappa shape index (κ1) is 13.7. The van der Waals surface area contributed by atoms with Crippen LogP contribution in [-0.2, 0) is 4.74 Å². The highest BCUT2D eigenvalue weighted by atomic mass is 16.5. The predicted molar refractivity (Wildman–Crippen MR) is 78.3 cm³/mol. The van der Waals surface area contributed by atoms with Crippen molar-refractivity contribution in [2.75, 3.05) is 37.8 Å². The molecule has 7 nitrogen and oxygen atoms in total. The van der Waals surface area contributed by atoms with E-state index in [9.17, 15) is 5.11 Å². The fourth-order valence-electron chi connectivity index (χ4n) is 3.34. The van der Waals surface area contributed by atoms with E-state index >= 15 is 0 Å². The molecule has 116 valence electrons. The number of aryl methyl sites for hydroxylation is 1. The number of pyridine rings is 1. The Morgan fingerprint density at radius 2 is 2.36 bits per heavy atom. The summed E-state index contributed by atoms with van der Waals surface area (Å²) in [6.07, 6.45) is 1.75. The number of ether oxygens (including phenoxy) is 1. The van der Waals surface area contributed by atoms with Crippen molar-refractivity contribution in [2.45, 2.75) is 6.92 Å². The van der Waals surface area contributed by atoms with Gasteiger partial charge < -0.3 is 19.3 Å². The van der Waals surface area contributed by atoms with Gasteiger partial charge in [-0.15, -0.1) is 0 Å². The first-order chi connectivity index (χ1) is 10.7. The summed E-state index contributed by atoms with van der Waals surface area (Å²) in [6, 6.07) is 3.90. The highest BCUT2D eigenvalue weighted by Gasteiger charge is 2.50. The average Bonchev–Trinajstić information content (AvgIpc) is 3.21. The lowest BCUT2D eigenvalue weighted by atomic mass is 9.82. The van der Waals surface area contributed by atoms with Crippen LogP contribution in [0, 0.1) is 18.3 Å². The van der Waals surface area contributed by atoms with E-state index in [2.05, 4.69) is 20.0 Å². The second-order valence-electron chi connectivity index (χ2n) is 6.16. The summed E-state index contributed by atoms with van der Waals surface area (Å²) in [4.78, 5) is 10.9. The number of hydrogen-bond acceptors (Lipinski definition) is 7. The number of anilines is 1. The van der Waals surface area contributed by atoms with Crippen molar-refractivity contribution >= 4 is 5.82 Å². The van der Waals surface area contributed by atoms with Crippen molar-refractivity contribution in [1.29, 1.82) is 0 Å². The first-order valence-electron chi connectivity index (χ1n) is 7.40. The lowest BCUT2D eigenvalue weighted by Gasteiger charge is -2.24. The molecule has 0 amide bonds. The van der Waals surface area contributed by atoms with E-state index in [-0.39, 0.29) is 12.0 Å². The smallest absolute Gasteiger partial charge is 0.259 e. The van der Waals surface area contributed by atoms with Gasteiger partial charge in [0.15, 0.2) is 5.82 Å². The van der Waals surface area contributed by atoms with E-state index in [0.717, 1.165) is 31.1 Å². The third-order valence-corrected chi connectivity index (χ3v) is 4.68. The number of rotatable bonds is 3. The Morgan fingerprint density at radius 3 is 3.00 bits per heavy atom. The molecule has 0 aliphatic carbocycles. The molecule has 2 aliphatic heterocycles. The standard InChI is InChI=1S/C15H18N4O3/c1-10-17-14(22-18-10)11-2-3-13(16-4-11)19-5-12-6-21-9-15(12,7-19)8-20/h2-4,12,20H,5-9H2,1H3/t12-,15-/m0/s1. The van der Waals surface area contributed by atoms with Gasteiger partial charge in [-0.3, -0.25) is 0 Å². The van der Waals surface area contributed by atoms with Gasteiger partial charge in [0.05, 0.1) is 25.4 Å². The van der Waals surface area contributed by atoms with Crippen LogP contribution in [0.25, 0.3) is 11.5 Å². The van der Waals surface area contributed by atoms with Gasteiger partial charge in [0.25, 0.3) is 5.89 Å². The summed E-state index contributed by atoms with van der Waals surface area (Å²) in [5.74, 6) is 2.37. The van der Waals surface area contributed by atoms with Crippen LogP contribution in [0.15, 0.2) is 22.9 Å². The number of fused-ring (bicyclic) bond motifs is 1. The van der Waals surface area contributed by atoms with Crippen LogP contribution in [0.2, 0.25) is 0 Å². The van der Waals surface area contributed by atoms with Crippen LogP contribution in [0.3, 0.4) is 0 Å². The molecular formula is C15H18N4O3. The minimum atomic E-state index is -0.135. The number of aliphatic hydroxyl groups is 1. The van der Waals surface area contributed by atoms with Crippen molar-refractivity contribution in [3.63, 3.8) is 0 Å². The summed E-state index contributed by atoms with van der Waals surface area (Å²) < 4.78 is 10.7. The van der Waals surface area contributed by atoms with Gasteiger partial charge in [-0.1, -0.05) is 5.16 Å². The molecule has 4 rings (SSSR count). The molecule has 0 saturated carbocycles. The van der Waals surface area contributed by atoms with E-state index in [4.69, 9.17) is 9.26 Å². The van der Waals surface area contributed by atoms with Gasteiger partial charge in [0, 0.05) is 30.6 Å². The van der Waals surface area contributed by atoms with Crippen molar-refractivity contribution in [3.8, 4) is 11.5 Å². The van der Waals surface area contributed by atoms with E-state index < -0.39 is 0 Å². The van der Waals surface area contributed by atoms with Gasteiger partial charge in [-0.25, -0.2) is 4.98 Å². The molecule has 2 aromatic rings. The SMILES string of the molecule is Cc1noc(-c2ccc(N3C[C@H]4COC[C@@]4(CO)C3)nc2)n1. The number of nitrogens with zero attached hydrogens (tertiary/aromatic N) is 4. The quantitative estimate of drug-likeness (QED) is 0.901. The van der Waals surface area contributed by atoms with Crippen LogP contribution in [0.1, 0.15) is 5.82 Å². The van der Waals surface area contributed by atoms with Crippen LogP contribution in [-0.4, -0.2) is 53.1 Å². The summed E-state index contributed by atoms with van der Waals surface area (Å²) >= 11 is 0. The fourth-order valence-corrected chi connectivity index (χ4v) is 3.34. The lowest BCUT2D eigenvalue weighted by Crippen LogP contribution is -2.34. The van der Waals surface area contributed by atoms with Crippen LogP contribution in [0.5, 0.6) is 0 Å². The highest BCUT2D eigenvalue weighted by molar-refractivity contribution is 5.55. The molecule has 2 fully saturated rings. The van der Waals surface area contributed by atoms with Crippen molar-refractivity contribution in [3.05, 3.63) is 24.2 Å². The van der Waals surface area contributed by atoms with Crippen molar-refractivity contribution in [1.82, 2.24) is 15.1 Å². The van der Waals surface area contributed by atoms with Gasteiger partial charge in [-0.05, 0) is 19.1 Å². The molecule has 1 N–H and O–H groups in total. The van der Waals surface area contributed by atoms with Gasteiger partial charge >= 0.3 is 0 Å². The molecule has 0 aromatic carbocycles. The molecule has 0 unspecified atom stereocenters. The molecule has 0 radical (unpaired) electrons. The molecule has 0 bridgehead atoms. The monoisotopic (exact) mass is 302 g/mol. The normalized spacial score (nSPS) is 27.4. The molecule has 2 aromatic heterocycles. The zero-order chi connectivity index (χ0) is 15.2. The van der Waals surface area contributed by atoms with Gasteiger partial charge in [-0.2, -0.15) is 4.98 Å². The Hall–Kier alpha value is -1.99. The summed E-state index contributed by atoms with van der Waals surface area (Å²) in [7, 11) is 0.